The zero-order chi connectivity index (χ0) is 11.6. The summed E-state index contributed by atoms with van der Waals surface area (Å²) in [5.41, 5.74) is 6.62. The Balaban J connectivity index is 2.42. The zero-order valence-electron chi connectivity index (χ0n) is 9.93. The van der Waals surface area contributed by atoms with Crippen LogP contribution in [0.5, 0.6) is 0 Å². The van der Waals surface area contributed by atoms with E-state index < -0.39 is 0 Å². The number of methoxy groups -OCH3 is 1. The van der Waals surface area contributed by atoms with E-state index in [0.29, 0.717) is 0 Å². The van der Waals surface area contributed by atoms with E-state index in [1.54, 1.807) is 7.11 Å². The van der Waals surface area contributed by atoms with Crippen LogP contribution in [0, 0.1) is 0 Å². The molecule has 0 saturated heterocycles. The Hall–Kier alpha value is -0.970. The van der Waals surface area contributed by atoms with Crippen LogP contribution in [0.4, 0.5) is 0 Å². The molecule has 90 valence electrons. The Bertz CT molecular complexity index is 258. The fourth-order valence-electron chi connectivity index (χ4n) is 1.53. The van der Waals surface area contributed by atoms with Crippen LogP contribution in [0.2, 0.25) is 0 Å². The molecule has 4 nitrogen and oxygen atoms in total. The molecule has 0 amide bonds. The second kappa shape index (κ2) is 8.21. The highest BCUT2D eigenvalue weighted by Gasteiger charge is 2.05. The van der Waals surface area contributed by atoms with Gasteiger partial charge in [0.1, 0.15) is 0 Å². The molecule has 0 aromatic carbocycles. The molecule has 1 aromatic heterocycles. The van der Waals surface area contributed by atoms with Gasteiger partial charge in [0, 0.05) is 26.4 Å². The van der Waals surface area contributed by atoms with Crippen molar-refractivity contribution < 1.29 is 4.74 Å². The van der Waals surface area contributed by atoms with Gasteiger partial charge in [0.15, 0.2) is 0 Å². The average Bonchev–Trinajstić information content (AvgIpc) is 2.34. The van der Waals surface area contributed by atoms with Crippen LogP contribution < -0.4 is 5.73 Å². The van der Waals surface area contributed by atoms with Gasteiger partial charge in [0.05, 0.1) is 12.3 Å². The molecule has 0 atom stereocenters. The number of rotatable bonds is 8. The van der Waals surface area contributed by atoms with E-state index in [1.807, 2.05) is 24.4 Å². The minimum atomic E-state index is 0.728. The van der Waals surface area contributed by atoms with Crippen molar-refractivity contribution in [2.45, 2.75) is 13.0 Å². The number of nitrogens with zero attached hydrogens (tertiary/aromatic N) is 2. The standard InChI is InChI=1S/C12H21N3O/c1-16-10-9-15(8-4-6-13)11-12-5-2-3-7-14-12/h2-3,5,7H,4,6,8-11,13H2,1H3. The molecule has 0 unspecified atom stereocenters. The van der Waals surface area contributed by atoms with E-state index >= 15 is 0 Å². The summed E-state index contributed by atoms with van der Waals surface area (Å²) in [6.07, 6.45) is 2.84. The lowest BCUT2D eigenvalue weighted by Gasteiger charge is -2.21. The molecule has 0 aliphatic heterocycles. The highest BCUT2D eigenvalue weighted by Crippen LogP contribution is 2.01. The van der Waals surface area contributed by atoms with Gasteiger partial charge in [-0.3, -0.25) is 9.88 Å². The molecular formula is C12H21N3O. The average molecular weight is 223 g/mol. The first kappa shape index (κ1) is 13.1. The van der Waals surface area contributed by atoms with Crippen molar-refractivity contribution in [1.82, 2.24) is 9.88 Å². The number of hydrogen-bond donors (Lipinski definition) is 1. The van der Waals surface area contributed by atoms with E-state index in [0.717, 1.165) is 44.9 Å². The number of pyridine rings is 1. The number of nitrogens with two attached hydrogens (primary N) is 1. The zero-order valence-corrected chi connectivity index (χ0v) is 9.93. The molecule has 0 fully saturated rings. The van der Waals surface area contributed by atoms with Crippen molar-refractivity contribution in [2.75, 3.05) is 33.4 Å². The molecule has 4 heteroatoms. The van der Waals surface area contributed by atoms with Gasteiger partial charge in [-0.05, 0) is 31.6 Å². The Morgan fingerprint density at radius 3 is 2.88 bits per heavy atom. The molecule has 16 heavy (non-hydrogen) atoms. The van der Waals surface area contributed by atoms with Gasteiger partial charge < -0.3 is 10.5 Å². The first-order valence-electron chi connectivity index (χ1n) is 5.68. The van der Waals surface area contributed by atoms with Crippen molar-refractivity contribution in [3.05, 3.63) is 30.1 Å². The number of hydrogen-bond acceptors (Lipinski definition) is 4. The minimum Gasteiger partial charge on any atom is -0.383 e. The van der Waals surface area contributed by atoms with Gasteiger partial charge in [-0.1, -0.05) is 6.07 Å². The SMILES string of the molecule is COCCN(CCCN)Cc1ccccn1. The Kier molecular flexibility index (Phi) is 6.72. The maximum absolute atomic E-state index is 5.53. The van der Waals surface area contributed by atoms with Gasteiger partial charge >= 0.3 is 0 Å². The summed E-state index contributed by atoms with van der Waals surface area (Å²) in [5, 5.41) is 0. The number of aromatic nitrogens is 1. The predicted molar refractivity (Wildman–Crippen MR) is 65.1 cm³/mol. The van der Waals surface area contributed by atoms with Crippen LogP contribution in [-0.4, -0.2) is 43.2 Å². The molecule has 1 rings (SSSR count). The lowest BCUT2D eigenvalue weighted by molar-refractivity contribution is 0.143. The maximum Gasteiger partial charge on any atom is 0.0589 e. The van der Waals surface area contributed by atoms with Gasteiger partial charge in [-0.25, -0.2) is 0 Å². The quantitative estimate of drug-likeness (QED) is 0.711. The summed E-state index contributed by atoms with van der Waals surface area (Å²) in [6.45, 7) is 4.26. The van der Waals surface area contributed by atoms with Crippen LogP contribution in [0.25, 0.3) is 0 Å². The summed E-state index contributed by atoms with van der Waals surface area (Å²) in [6, 6.07) is 5.99. The molecule has 0 aliphatic carbocycles. The summed E-state index contributed by atoms with van der Waals surface area (Å²) >= 11 is 0. The summed E-state index contributed by atoms with van der Waals surface area (Å²) in [7, 11) is 1.72. The van der Waals surface area contributed by atoms with Crippen LogP contribution >= 0.6 is 0 Å². The molecule has 1 heterocycles. The van der Waals surface area contributed by atoms with Crippen LogP contribution in [0.1, 0.15) is 12.1 Å². The lowest BCUT2D eigenvalue weighted by atomic mass is 10.3. The molecule has 0 bridgehead atoms. The van der Waals surface area contributed by atoms with Crippen molar-refractivity contribution in [2.24, 2.45) is 5.73 Å². The first-order valence-corrected chi connectivity index (χ1v) is 5.68. The Labute approximate surface area is 97.4 Å². The topological polar surface area (TPSA) is 51.4 Å². The van der Waals surface area contributed by atoms with E-state index in [9.17, 15) is 0 Å². The molecule has 0 spiro atoms. The minimum absolute atomic E-state index is 0.728. The van der Waals surface area contributed by atoms with E-state index in [1.165, 1.54) is 0 Å². The normalized spacial score (nSPS) is 10.9. The second-order valence-corrected chi connectivity index (χ2v) is 3.73. The summed E-state index contributed by atoms with van der Waals surface area (Å²) < 4.78 is 5.10. The molecule has 0 saturated carbocycles. The van der Waals surface area contributed by atoms with Gasteiger partial charge in [-0.15, -0.1) is 0 Å². The molecule has 0 aliphatic rings. The van der Waals surface area contributed by atoms with Gasteiger partial charge in [0.25, 0.3) is 0 Å². The lowest BCUT2D eigenvalue weighted by Crippen LogP contribution is -2.29. The molecular weight excluding hydrogens is 202 g/mol. The largest absolute Gasteiger partial charge is 0.383 e. The summed E-state index contributed by atoms with van der Waals surface area (Å²) in [5.74, 6) is 0. The molecule has 2 N–H and O–H groups in total. The van der Waals surface area contributed by atoms with Crippen molar-refractivity contribution in [3.63, 3.8) is 0 Å². The second-order valence-electron chi connectivity index (χ2n) is 3.73. The van der Waals surface area contributed by atoms with E-state index in [4.69, 9.17) is 10.5 Å². The van der Waals surface area contributed by atoms with Crippen LogP contribution in [0.3, 0.4) is 0 Å². The smallest absolute Gasteiger partial charge is 0.0589 e. The third kappa shape index (κ3) is 5.21. The van der Waals surface area contributed by atoms with Crippen molar-refractivity contribution >= 4 is 0 Å². The van der Waals surface area contributed by atoms with Crippen LogP contribution in [0.15, 0.2) is 24.4 Å². The van der Waals surface area contributed by atoms with Crippen molar-refractivity contribution in [3.8, 4) is 0 Å². The molecule has 0 radical (unpaired) electrons. The third-order valence-corrected chi connectivity index (χ3v) is 2.40. The highest BCUT2D eigenvalue weighted by molar-refractivity contribution is 5.03. The fourth-order valence-corrected chi connectivity index (χ4v) is 1.53. The Morgan fingerprint density at radius 2 is 2.25 bits per heavy atom. The third-order valence-electron chi connectivity index (χ3n) is 2.40. The maximum atomic E-state index is 5.53. The highest BCUT2D eigenvalue weighted by atomic mass is 16.5. The first-order chi connectivity index (χ1) is 7.86. The van der Waals surface area contributed by atoms with Crippen molar-refractivity contribution in [1.29, 1.82) is 0 Å². The van der Waals surface area contributed by atoms with Gasteiger partial charge in [-0.2, -0.15) is 0 Å². The van der Waals surface area contributed by atoms with Crippen LogP contribution in [-0.2, 0) is 11.3 Å². The van der Waals surface area contributed by atoms with E-state index in [-0.39, 0.29) is 0 Å². The Morgan fingerprint density at radius 1 is 1.38 bits per heavy atom. The van der Waals surface area contributed by atoms with Gasteiger partial charge in [0.2, 0.25) is 0 Å². The summed E-state index contributed by atoms with van der Waals surface area (Å²) in [4.78, 5) is 6.64. The monoisotopic (exact) mass is 223 g/mol. The molecule has 1 aromatic rings. The van der Waals surface area contributed by atoms with E-state index in [2.05, 4.69) is 9.88 Å². The predicted octanol–water partition coefficient (Wildman–Crippen LogP) is 0.879. The number of ether oxygens (including phenoxy) is 1. The fraction of sp³-hybridized carbons (Fsp3) is 0.583.